The lowest BCUT2D eigenvalue weighted by molar-refractivity contribution is 0.618. The predicted molar refractivity (Wildman–Crippen MR) is 58.7 cm³/mol. The van der Waals surface area contributed by atoms with Gasteiger partial charge in [0.1, 0.15) is 17.0 Å². The highest BCUT2D eigenvalue weighted by atomic mass is 35.5. The van der Waals surface area contributed by atoms with E-state index in [-0.39, 0.29) is 5.82 Å². The minimum atomic E-state index is -0.308. The molecule has 74 valence electrons. The molecule has 0 saturated heterocycles. The van der Waals surface area contributed by atoms with Crippen molar-refractivity contribution in [1.82, 2.24) is 0 Å². The average Bonchev–Trinajstić information content (AvgIpc) is 2.56. The minimum absolute atomic E-state index is 0.308. The van der Waals surface area contributed by atoms with Crippen LogP contribution in [0.4, 0.5) is 4.39 Å². The summed E-state index contributed by atoms with van der Waals surface area (Å²) in [4.78, 5) is 0. The van der Waals surface area contributed by atoms with Gasteiger partial charge in [0, 0.05) is 16.8 Å². The van der Waals surface area contributed by atoms with Crippen LogP contribution in [0.1, 0.15) is 0 Å². The van der Waals surface area contributed by atoms with E-state index < -0.39 is 0 Å². The summed E-state index contributed by atoms with van der Waals surface area (Å²) < 4.78 is 18.5. The lowest BCUT2D eigenvalue weighted by Crippen LogP contribution is -1.71. The van der Waals surface area contributed by atoms with Crippen LogP contribution in [-0.2, 0) is 0 Å². The molecule has 3 aromatic rings. The number of benzene rings is 2. The van der Waals surface area contributed by atoms with Gasteiger partial charge in [0.15, 0.2) is 0 Å². The van der Waals surface area contributed by atoms with Crippen LogP contribution in [0.25, 0.3) is 21.9 Å². The van der Waals surface area contributed by atoms with Crippen LogP contribution in [0.2, 0.25) is 5.02 Å². The van der Waals surface area contributed by atoms with Crippen molar-refractivity contribution >= 4 is 33.5 Å². The zero-order valence-corrected chi connectivity index (χ0v) is 8.38. The van der Waals surface area contributed by atoms with E-state index in [1.54, 1.807) is 12.1 Å². The van der Waals surface area contributed by atoms with Crippen molar-refractivity contribution in [2.24, 2.45) is 0 Å². The summed E-state index contributed by atoms with van der Waals surface area (Å²) in [6.07, 6.45) is 0. The highest BCUT2D eigenvalue weighted by Gasteiger charge is 2.09. The molecule has 0 saturated carbocycles. The third-order valence-corrected chi connectivity index (χ3v) is 2.72. The van der Waals surface area contributed by atoms with Gasteiger partial charge in [0.05, 0.1) is 5.02 Å². The first-order valence-corrected chi connectivity index (χ1v) is 4.90. The molecule has 0 atom stereocenters. The van der Waals surface area contributed by atoms with Crippen LogP contribution in [0.15, 0.2) is 40.8 Å². The van der Waals surface area contributed by atoms with Gasteiger partial charge in [-0.1, -0.05) is 17.7 Å². The molecule has 0 aliphatic heterocycles. The standard InChI is InChI=1S/C12H6ClFO/c13-9-2-1-3-10-12(9)8-5-4-7(14)6-11(8)15-10/h1-6H. The molecular formula is C12H6ClFO. The molecule has 3 rings (SSSR count). The van der Waals surface area contributed by atoms with E-state index in [0.717, 1.165) is 10.8 Å². The first-order chi connectivity index (χ1) is 7.25. The molecule has 0 unspecified atom stereocenters. The molecule has 0 fully saturated rings. The fourth-order valence-electron chi connectivity index (χ4n) is 1.76. The molecule has 0 amide bonds. The molecule has 0 N–H and O–H groups in total. The molecule has 1 aromatic heterocycles. The summed E-state index contributed by atoms with van der Waals surface area (Å²) >= 11 is 6.06. The SMILES string of the molecule is Fc1ccc2c(c1)oc1cccc(Cl)c12. The smallest absolute Gasteiger partial charge is 0.138 e. The molecule has 2 aromatic carbocycles. The van der Waals surface area contributed by atoms with Crippen LogP contribution in [0.3, 0.4) is 0 Å². The normalized spacial score (nSPS) is 11.3. The number of furan rings is 1. The maximum Gasteiger partial charge on any atom is 0.138 e. The maximum absolute atomic E-state index is 13.0. The molecule has 1 nitrogen and oxygen atoms in total. The van der Waals surface area contributed by atoms with Crippen molar-refractivity contribution in [3.63, 3.8) is 0 Å². The average molecular weight is 221 g/mol. The quantitative estimate of drug-likeness (QED) is 0.548. The molecule has 0 aliphatic carbocycles. The Bertz CT molecular complexity index is 657. The summed E-state index contributed by atoms with van der Waals surface area (Å²) in [5.41, 5.74) is 1.21. The van der Waals surface area contributed by atoms with E-state index in [9.17, 15) is 4.39 Å². The largest absolute Gasteiger partial charge is 0.456 e. The number of hydrogen-bond acceptors (Lipinski definition) is 1. The lowest BCUT2D eigenvalue weighted by atomic mass is 10.1. The maximum atomic E-state index is 13.0. The Labute approximate surface area is 90.1 Å². The van der Waals surface area contributed by atoms with Crippen LogP contribution < -0.4 is 0 Å². The van der Waals surface area contributed by atoms with Crippen molar-refractivity contribution in [3.8, 4) is 0 Å². The third-order valence-electron chi connectivity index (χ3n) is 2.41. The summed E-state index contributed by atoms with van der Waals surface area (Å²) in [6, 6.07) is 9.87. The van der Waals surface area contributed by atoms with E-state index in [4.69, 9.17) is 16.0 Å². The Kier molecular flexibility index (Phi) is 1.73. The van der Waals surface area contributed by atoms with Crippen LogP contribution in [0, 0.1) is 5.82 Å². The Balaban J connectivity index is 2.59. The second-order valence-electron chi connectivity index (χ2n) is 3.36. The lowest BCUT2D eigenvalue weighted by Gasteiger charge is -1.91. The van der Waals surface area contributed by atoms with Crippen molar-refractivity contribution < 1.29 is 8.81 Å². The highest BCUT2D eigenvalue weighted by molar-refractivity contribution is 6.37. The second kappa shape index (κ2) is 2.97. The zero-order valence-electron chi connectivity index (χ0n) is 7.63. The van der Waals surface area contributed by atoms with Gasteiger partial charge >= 0.3 is 0 Å². The molecule has 15 heavy (non-hydrogen) atoms. The van der Waals surface area contributed by atoms with Gasteiger partial charge in [0.2, 0.25) is 0 Å². The number of halogens is 2. The topological polar surface area (TPSA) is 13.1 Å². The van der Waals surface area contributed by atoms with Gasteiger partial charge in [0.25, 0.3) is 0 Å². The van der Waals surface area contributed by atoms with Gasteiger partial charge in [-0.2, -0.15) is 0 Å². The van der Waals surface area contributed by atoms with Crippen molar-refractivity contribution in [3.05, 3.63) is 47.2 Å². The number of fused-ring (bicyclic) bond motifs is 3. The fraction of sp³-hybridized carbons (Fsp3) is 0. The molecule has 0 spiro atoms. The molecular weight excluding hydrogens is 215 g/mol. The Morgan fingerprint density at radius 3 is 2.80 bits per heavy atom. The van der Waals surface area contributed by atoms with Crippen molar-refractivity contribution in [2.75, 3.05) is 0 Å². The summed E-state index contributed by atoms with van der Waals surface area (Å²) in [7, 11) is 0. The van der Waals surface area contributed by atoms with Gasteiger partial charge in [-0.15, -0.1) is 0 Å². The molecule has 0 aliphatic rings. The first-order valence-electron chi connectivity index (χ1n) is 4.52. The number of rotatable bonds is 0. The fourth-order valence-corrected chi connectivity index (χ4v) is 2.02. The first kappa shape index (κ1) is 8.74. The van der Waals surface area contributed by atoms with Crippen molar-refractivity contribution in [1.29, 1.82) is 0 Å². The van der Waals surface area contributed by atoms with Crippen LogP contribution >= 0.6 is 11.6 Å². The zero-order chi connectivity index (χ0) is 10.4. The summed E-state index contributed by atoms with van der Waals surface area (Å²) in [6.45, 7) is 0. The van der Waals surface area contributed by atoms with E-state index in [1.807, 2.05) is 12.1 Å². The van der Waals surface area contributed by atoms with Crippen LogP contribution in [0.5, 0.6) is 0 Å². The molecule has 1 heterocycles. The van der Waals surface area contributed by atoms with E-state index in [1.165, 1.54) is 12.1 Å². The predicted octanol–water partition coefficient (Wildman–Crippen LogP) is 4.38. The van der Waals surface area contributed by atoms with Crippen molar-refractivity contribution in [2.45, 2.75) is 0 Å². The number of hydrogen-bond donors (Lipinski definition) is 0. The Hall–Kier alpha value is -1.54. The summed E-state index contributed by atoms with van der Waals surface area (Å²) in [5.74, 6) is -0.308. The van der Waals surface area contributed by atoms with Gasteiger partial charge < -0.3 is 4.42 Å². The van der Waals surface area contributed by atoms with Crippen LogP contribution in [-0.4, -0.2) is 0 Å². The molecule has 0 bridgehead atoms. The summed E-state index contributed by atoms with van der Waals surface area (Å²) in [5, 5.41) is 2.31. The Morgan fingerprint density at radius 2 is 1.93 bits per heavy atom. The third kappa shape index (κ3) is 1.22. The molecule has 3 heteroatoms. The van der Waals surface area contributed by atoms with E-state index >= 15 is 0 Å². The minimum Gasteiger partial charge on any atom is -0.456 e. The second-order valence-corrected chi connectivity index (χ2v) is 3.76. The van der Waals surface area contributed by atoms with Gasteiger partial charge in [-0.05, 0) is 24.3 Å². The van der Waals surface area contributed by atoms with Gasteiger partial charge in [-0.25, -0.2) is 4.39 Å². The monoisotopic (exact) mass is 220 g/mol. The highest BCUT2D eigenvalue weighted by Crippen LogP contribution is 2.33. The Morgan fingerprint density at radius 1 is 1.07 bits per heavy atom. The van der Waals surface area contributed by atoms with E-state index in [0.29, 0.717) is 16.2 Å². The molecule has 0 radical (unpaired) electrons. The van der Waals surface area contributed by atoms with Gasteiger partial charge in [-0.3, -0.25) is 0 Å². The van der Waals surface area contributed by atoms with E-state index in [2.05, 4.69) is 0 Å².